The zero-order valence-electron chi connectivity index (χ0n) is 12.8. The van der Waals surface area contributed by atoms with E-state index < -0.39 is 0 Å². The number of amides is 1. The molecule has 3 aromatic heterocycles. The first-order valence-electron chi connectivity index (χ1n) is 7.72. The highest BCUT2D eigenvalue weighted by atomic mass is 16.1. The van der Waals surface area contributed by atoms with Crippen molar-refractivity contribution in [3.8, 4) is 11.4 Å². The fraction of sp³-hybridized carbons (Fsp3) is 0.250. The van der Waals surface area contributed by atoms with Crippen LogP contribution in [0, 0.1) is 0 Å². The summed E-state index contributed by atoms with van der Waals surface area (Å²) in [5.41, 5.74) is 3.03. The largest absolute Gasteiger partial charge is 0.348 e. The summed E-state index contributed by atoms with van der Waals surface area (Å²) in [5.74, 6) is 0.276. The lowest BCUT2D eigenvalue weighted by Crippen LogP contribution is -2.39. The van der Waals surface area contributed by atoms with Crippen molar-refractivity contribution in [2.45, 2.75) is 25.3 Å². The molecule has 3 aromatic rings. The summed E-state index contributed by atoms with van der Waals surface area (Å²) in [6.45, 7) is 0. The molecule has 8 heteroatoms. The third-order valence-corrected chi connectivity index (χ3v) is 4.02. The molecule has 1 aliphatic rings. The van der Waals surface area contributed by atoms with Gasteiger partial charge in [-0.25, -0.2) is 9.97 Å². The SMILES string of the molecule is O=C(NC1CCc2n[nH]nc2C1)c1ccnc(-c2cccnc2)n1. The Hall–Kier alpha value is -3.16. The van der Waals surface area contributed by atoms with Crippen molar-refractivity contribution < 1.29 is 4.79 Å². The van der Waals surface area contributed by atoms with Crippen molar-refractivity contribution in [3.63, 3.8) is 0 Å². The van der Waals surface area contributed by atoms with Crippen LogP contribution in [-0.4, -0.2) is 42.3 Å². The minimum atomic E-state index is -0.209. The number of fused-ring (bicyclic) bond motifs is 1. The number of nitrogens with one attached hydrogen (secondary N) is 2. The molecule has 0 saturated heterocycles. The topological polar surface area (TPSA) is 109 Å². The van der Waals surface area contributed by atoms with Gasteiger partial charge < -0.3 is 5.32 Å². The van der Waals surface area contributed by atoms with Crippen molar-refractivity contribution in [3.05, 3.63) is 53.9 Å². The van der Waals surface area contributed by atoms with Gasteiger partial charge in [-0.2, -0.15) is 15.4 Å². The van der Waals surface area contributed by atoms with Gasteiger partial charge in [0.25, 0.3) is 5.91 Å². The van der Waals surface area contributed by atoms with E-state index in [2.05, 4.69) is 35.7 Å². The van der Waals surface area contributed by atoms with Crippen LogP contribution in [0.3, 0.4) is 0 Å². The smallest absolute Gasteiger partial charge is 0.270 e. The molecule has 8 nitrogen and oxygen atoms in total. The highest BCUT2D eigenvalue weighted by Gasteiger charge is 2.24. The number of nitrogens with zero attached hydrogens (tertiary/aromatic N) is 5. The summed E-state index contributed by atoms with van der Waals surface area (Å²) in [5, 5.41) is 13.9. The summed E-state index contributed by atoms with van der Waals surface area (Å²) in [6.07, 6.45) is 7.26. The van der Waals surface area contributed by atoms with Crippen LogP contribution in [0.5, 0.6) is 0 Å². The second kappa shape index (κ2) is 6.15. The number of H-pyrrole nitrogens is 1. The summed E-state index contributed by atoms with van der Waals surface area (Å²) < 4.78 is 0. The number of pyridine rings is 1. The number of carbonyl (C=O) groups is 1. The summed E-state index contributed by atoms with van der Waals surface area (Å²) in [6, 6.07) is 5.31. The Morgan fingerprint density at radius 2 is 2.12 bits per heavy atom. The Kier molecular flexibility index (Phi) is 3.70. The number of aromatic amines is 1. The van der Waals surface area contributed by atoms with Gasteiger partial charge >= 0.3 is 0 Å². The van der Waals surface area contributed by atoms with E-state index in [-0.39, 0.29) is 11.9 Å². The zero-order valence-corrected chi connectivity index (χ0v) is 12.8. The van der Waals surface area contributed by atoms with Crippen LogP contribution in [0.15, 0.2) is 36.8 Å². The van der Waals surface area contributed by atoms with Gasteiger partial charge in [0.1, 0.15) is 5.69 Å². The van der Waals surface area contributed by atoms with Crippen molar-refractivity contribution in [1.29, 1.82) is 0 Å². The minimum Gasteiger partial charge on any atom is -0.348 e. The molecular weight excluding hydrogens is 306 g/mol. The number of rotatable bonds is 3. The third kappa shape index (κ3) is 2.85. The number of hydrogen-bond acceptors (Lipinski definition) is 6. The molecular formula is C16H15N7O. The Labute approximate surface area is 137 Å². The highest BCUT2D eigenvalue weighted by Crippen LogP contribution is 2.17. The van der Waals surface area contributed by atoms with Gasteiger partial charge in [-0.15, -0.1) is 0 Å². The van der Waals surface area contributed by atoms with Crippen LogP contribution in [0.25, 0.3) is 11.4 Å². The van der Waals surface area contributed by atoms with E-state index in [4.69, 9.17) is 0 Å². The maximum Gasteiger partial charge on any atom is 0.270 e. The van der Waals surface area contributed by atoms with Crippen LogP contribution in [0.4, 0.5) is 0 Å². The molecule has 0 spiro atoms. The summed E-state index contributed by atoms with van der Waals surface area (Å²) >= 11 is 0. The molecule has 4 rings (SSSR count). The summed E-state index contributed by atoms with van der Waals surface area (Å²) in [7, 11) is 0. The molecule has 1 unspecified atom stereocenters. The lowest BCUT2D eigenvalue weighted by molar-refractivity contribution is 0.0928. The van der Waals surface area contributed by atoms with Crippen molar-refractivity contribution in [1.82, 2.24) is 35.7 Å². The molecule has 3 heterocycles. The predicted octanol–water partition coefficient (Wildman–Crippen LogP) is 0.944. The molecule has 2 N–H and O–H groups in total. The van der Waals surface area contributed by atoms with E-state index >= 15 is 0 Å². The fourth-order valence-electron chi connectivity index (χ4n) is 2.79. The number of aromatic nitrogens is 6. The Bertz CT molecular complexity index is 862. The second-order valence-corrected chi connectivity index (χ2v) is 5.64. The van der Waals surface area contributed by atoms with Gasteiger partial charge in [0.05, 0.1) is 11.4 Å². The first-order valence-corrected chi connectivity index (χ1v) is 7.72. The van der Waals surface area contributed by atoms with Gasteiger partial charge in [-0.1, -0.05) is 0 Å². The van der Waals surface area contributed by atoms with Gasteiger partial charge in [0.15, 0.2) is 5.82 Å². The van der Waals surface area contributed by atoms with Crippen molar-refractivity contribution in [2.24, 2.45) is 0 Å². The lowest BCUT2D eigenvalue weighted by atomic mass is 9.96. The maximum atomic E-state index is 12.5. The van der Waals surface area contributed by atoms with Crippen LogP contribution >= 0.6 is 0 Å². The Balaban J connectivity index is 1.49. The second-order valence-electron chi connectivity index (χ2n) is 5.64. The molecule has 0 radical (unpaired) electrons. The molecule has 1 atom stereocenters. The van der Waals surface area contributed by atoms with E-state index in [0.717, 1.165) is 29.8 Å². The molecule has 0 bridgehead atoms. The van der Waals surface area contributed by atoms with E-state index in [9.17, 15) is 4.79 Å². The van der Waals surface area contributed by atoms with Gasteiger partial charge in [0.2, 0.25) is 0 Å². The number of carbonyl (C=O) groups excluding carboxylic acids is 1. The van der Waals surface area contributed by atoms with Gasteiger partial charge in [-0.05, 0) is 31.0 Å². The first kappa shape index (κ1) is 14.4. The number of hydrogen-bond donors (Lipinski definition) is 2. The van der Waals surface area contributed by atoms with E-state index in [1.165, 1.54) is 0 Å². The predicted molar refractivity (Wildman–Crippen MR) is 84.9 cm³/mol. The average Bonchev–Trinajstić information content (AvgIpc) is 3.10. The lowest BCUT2D eigenvalue weighted by Gasteiger charge is -2.21. The first-order chi connectivity index (χ1) is 11.8. The molecule has 0 aromatic carbocycles. The summed E-state index contributed by atoms with van der Waals surface area (Å²) in [4.78, 5) is 25.1. The molecule has 0 aliphatic heterocycles. The van der Waals surface area contributed by atoms with Crippen LogP contribution in [0.1, 0.15) is 28.3 Å². The van der Waals surface area contributed by atoms with Crippen LogP contribution < -0.4 is 5.32 Å². The Morgan fingerprint density at radius 1 is 1.21 bits per heavy atom. The average molecular weight is 321 g/mol. The molecule has 120 valence electrons. The van der Waals surface area contributed by atoms with E-state index in [1.54, 1.807) is 24.7 Å². The molecule has 0 saturated carbocycles. The van der Waals surface area contributed by atoms with Crippen molar-refractivity contribution in [2.75, 3.05) is 0 Å². The van der Waals surface area contributed by atoms with Crippen molar-refractivity contribution >= 4 is 5.91 Å². The Morgan fingerprint density at radius 3 is 3.00 bits per heavy atom. The van der Waals surface area contributed by atoms with E-state index in [1.807, 2.05) is 12.1 Å². The van der Waals surface area contributed by atoms with E-state index in [0.29, 0.717) is 17.9 Å². The quantitative estimate of drug-likeness (QED) is 0.743. The van der Waals surface area contributed by atoms with Crippen LogP contribution in [0.2, 0.25) is 0 Å². The van der Waals surface area contributed by atoms with Gasteiger partial charge in [0, 0.05) is 36.6 Å². The zero-order chi connectivity index (χ0) is 16.4. The number of aryl methyl sites for hydroxylation is 1. The van der Waals surface area contributed by atoms with Gasteiger partial charge in [-0.3, -0.25) is 9.78 Å². The highest BCUT2D eigenvalue weighted by molar-refractivity contribution is 5.92. The monoisotopic (exact) mass is 321 g/mol. The molecule has 1 aliphatic carbocycles. The fourth-order valence-corrected chi connectivity index (χ4v) is 2.79. The molecule has 24 heavy (non-hydrogen) atoms. The third-order valence-electron chi connectivity index (χ3n) is 4.02. The maximum absolute atomic E-state index is 12.5. The normalized spacial score (nSPS) is 16.4. The molecule has 0 fully saturated rings. The van der Waals surface area contributed by atoms with Crippen LogP contribution in [-0.2, 0) is 12.8 Å². The molecule has 1 amide bonds. The minimum absolute atomic E-state index is 0.0342. The standard InChI is InChI=1S/C16H15N7O/c24-16(19-11-3-4-12-14(8-11)22-23-21-12)13-5-7-18-15(20-13)10-2-1-6-17-9-10/h1-2,5-7,9,11H,3-4,8H2,(H,19,24)(H,21,22,23).